The highest BCUT2D eigenvalue weighted by Crippen LogP contribution is 2.37. The number of hydrogen-bond donors (Lipinski definition) is 1. The zero-order valence-corrected chi connectivity index (χ0v) is 15.4. The fourth-order valence-corrected chi connectivity index (χ4v) is 3.06. The summed E-state index contributed by atoms with van der Waals surface area (Å²) in [6.07, 6.45) is 1.57. The lowest BCUT2D eigenvalue weighted by atomic mass is 9.96. The van der Waals surface area contributed by atoms with Gasteiger partial charge in [0.1, 0.15) is 0 Å². The molecular formula is C19H16ClN3O4. The van der Waals surface area contributed by atoms with Gasteiger partial charge in [-0.25, -0.2) is 4.79 Å². The standard InChI is InChI=1S/C19H16ClN3O4/c1-3-27-19(24)14-6-4-11(2)8-15(14)18-16(10-21-22-18)13-7-5-12(23(25)26)9-17(13)20/h4-10H,3H2,1-2H3,(H,21,22). The number of nitro benzene ring substituents is 1. The first-order chi connectivity index (χ1) is 12.9. The molecule has 27 heavy (non-hydrogen) atoms. The van der Waals surface area contributed by atoms with Gasteiger partial charge in [-0.2, -0.15) is 5.10 Å². The molecular weight excluding hydrogens is 370 g/mol. The minimum Gasteiger partial charge on any atom is -0.462 e. The second-order valence-corrected chi connectivity index (χ2v) is 6.26. The van der Waals surface area contributed by atoms with Crippen LogP contribution in [0.1, 0.15) is 22.8 Å². The highest BCUT2D eigenvalue weighted by atomic mass is 35.5. The third kappa shape index (κ3) is 3.68. The molecule has 3 aromatic rings. The number of esters is 1. The Labute approximate surface area is 160 Å². The highest BCUT2D eigenvalue weighted by Gasteiger charge is 2.21. The first-order valence-corrected chi connectivity index (χ1v) is 8.56. The molecule has 0 fully saturated rings. The van der Waals surface area contributed by atoms with E-state index in [2.05, 4.69) is 10.2 Å². The number of rotatable bonds is 5. The zero-order valence-electron chi connectivity index (χ0n) is 14.7. The van der Waals surface area contributed by atoms with Crippen LogP contribution >= 0.6 is 11.6 Å². The average molecular weight is 386 g/mol. The van der Waals surface area contributed by atoms with E-state index in [1.165, 1.54) is 12.1 Å². The number of aromatic nitrogens is 2. The second-order valence-electron chi connectivity index (χ2n) is 5.85. The number of carbonyl (C=O) groups excluding carboxylic acids is 1. The van der Waals surface area contributed by atoms with Gasteiger partial charge in [0.15, 0.2) is 0 Å². The van der Waals surface area contributed by atoms with Crippen molar-refractivity contribution < 1.29 is 14.5 Å². The monoisotopic (exact) mass is 385 g/mol. The summed E-state index contributed by atoms with van der Waals surface area (Å²) >= 11 is 6.27. The van der Waals surface area contributed by atoms with E-state index >= 15 is 0 Å². The minimum atomic E-state index is -0.509. The average Bonchev–Trinajstić information content (AvgIpc) is 3.10. The van der Waals surface area contributed by atoms with Crippen LogP contribution in [0, 0.1) is 17.0 Å². The molecule has 0 aliphatic carbocycles. The van der Waals surface area contributed by atoms with Crippen LogP contribution in [0.3, 0.4) is 0 Å². The smallest absolute Gasteiger partial charge is 0.338 e. The van der Waals surface area contributed by atoms with E-state index in [9.17, 15) is 14.9 Å². The van der Waals surface area contributed by atoms with Crippen LogP contribution in [0.4, 0.5) is 5.69 Å². The Morgan fingerprint density at radius 1 is 1.22 bits per heavy atom. The van der Waals surface area contributed by atoms with Crippen molar-refractivity contribution in [1.82, 2.24) is 10.2 Å². The fourth-order valence-electron chi connectivity index (χ4n) is 2.78. The lowest BCUT2D eigenvalue weighted by Gasteiger charge is -2.11. The van der Waals surface area contributed by atoms with Crippen molar-refractivity contribution in [3.05, 3.63) is 68.9 Å². The molecule has 0 radical (unpaired) electrons. The van der Waals surface area contributed by atoms with E-state index in [1.54, 1.807) is 25.3 Å². The Balaban J connectivity index is 2.15. The molecule has 1 aromatic heterocycles. The second kappa shape index (κ2) is 7.59. The summed E-state index contributed by atoms with van der Waals surface area (Å²) in [6.45, 7) is 3.91. The SMILES string of the molecule is CCOC(=O)c1ccc(C)cc1-c1[nH]ncc1-c1ccc([N+](=O)[O-])cc1Cl. The predicted molar refractivity (Wildman–Crippen MR) is 102 cm³/mol. The maximum absolute atomic E-state index is 12.3. The largest absolute Gasteiger partial charge is 0.462 e. The van der Waals surface area contributed by atoms with Crippen LogP contribution in [0.15, 0.2) is 42.6 Å². The van der Waals surface area contributed by atoms with Gasteiger partial charge in [-0.1, -0.05) is 23.2 Å². The fraction of sp³-hybridized carbons (Fsp3) is 0.158. The van der Waals surface area contributed by atoms with Gasteiger partial charge in [0.25, 0.3) is 5.69 Å². The van der Waals surface area contributed by atoms with E-state index in [0.717, 1.165) is 5.56 Å². The molecule has 7 nitrogen and oxygen atoms in total. The van der Waals surface area contributed by atoms with Crippen LogP contribution < -0.4 is 0 Å². The molecule has 0 aliphatic rings. The van der Waals surface area contributed by atoms with E-state index in [-0.39, 0.29) is 17.3 Å². The molecule has 1 N–H and O–H groups in total. The number of nitrogens with zero attached hydrogens (tertiary/aromatic N) is 2. The third-order valence-corrected chi connectivity index (χ3v) is 4.35. The van der Waals surface area contributed by atoms with Crippen molar-refractivity contribution in [2.24, 2.45) is 0 Å². The van der Waals surface area contributed by atoms with Gasteiger partial charge in [-0.15, -0.1) is 0 Å². The van der Waals surface area contributed by atoms with Crippen molar-refractivity contribution in [3.63, 3.8) is 0 Å². The summed E-state index contributed by atoms with van der Waals surface area (Å²) in [5.41, 5.74) is 3.65. The normalized spacial score (nSPS) is 10.6. The zero-order chi connectivity index (χ0) is 19.6. The van der Waals surface area contributed by atoms with Gasteiger partial charge in [0.05, 0.1) is 34.0 Å². The summed E-state index contributed by atoms with van der Waals surface area (Å²) in [5.74, 6) is -0.442. The molecule has 8 heteroatoms. The van der Waals surface area contributed by atoms with Crippen LogP contribution in [-0.2, 0) is 4.74 Å². The van der Waals surface area contributed by atoms with Crippen LogP contribution in [0.25, 0.3) is 22.4 Å². The van der Waals surface area contributed by atoms with Gasteiger partial charge in [-0.3, -0.25) is 15.2 Å². The molecule has 0 saturated heterocycles. The quantitative estimate of drug-likeness (QED) is 0.386. The molecule has 0 bridgehead atoms. The number of ether oxygens (including phenoxy) is 1. The number of aromatic amines is 1. The van der Waals surface area contributed by atoms with E-state index in [0.29, 0.717) is 27.9 Å². The van der Waals surface area contributed by atoms with Gasteiger partial charge in [0.2, 0.25) is 0 Å². The summed E-state index contributed by atoms with van der Waals surface area (Å²) in [6, 6.07) is 9.60. The third-order valence-electron chi connectivity index (χ3n) is 4.03. The number of halogens is 1. The van der Waals surface area contributed by atoms with Gasteiger partial charge in [0, 0.05) is 28.8 Å². The number of nitrogens with one attached hydrogen (secondary N) is 1. The number of nitro groups is 1. The van der Waals surface area contributed by atoms with Crippen molar-refractivity contribution in [2.45, 2.75) is 13.8 Å². The number of H-pyrrole nitrogens is 1. The molecule has 2 aromatic carbocycles. The van der Waals surface area contributed by atoms with Crippen LogP contribution in [0.2, 0.25) is 5.02 Å². The van der Waals surface area contributed by atoms with Gasteiger partial charge >= 0.3 is 5.97 Å². The van der Waals surface area contributed by atoms with Crippen LogP contribution in [0.5, 0.6) is 0 Å². The van der Waals surface area contributed by atoms with Crippen molar-refractivity contribution >= 4 is 23.3 Å². The molecule has 0 atom stereocenters. The lowest BCUT2D eigenvalue weighted by Crippen LogP contribution is -2.07. The first kappa shape index (κ1) is 18.6. The topological polar surface area (TPSA) is 98.1 Å². The van der Waals surface area contributed by atoms with Gasteiger partial charge < -0.3 is 4.74 Å². The Bertz CT molecular complexity index is 1030. The maximum atomic E-state index is 12.3. The molecule has 138 valence electrons. The number of non-ortho nitro benzene ring substituents is 1. The number of aryl methyl sites for hydroxylation is 1. The summed E-state index contributed by atoms with van der Waals surface area (Å²) in [7, 11) is 0. The Morgan fingerprint density at radius 3 is 2.67 bits per heavy atom. The molecule has 1 heterocycles. The number of benzene rings is 2. The molecule has 0 amide bonds. The molecule has 0 saturated carbocycles. The van der Waals surface area contributed by atoms with Crippen molar-refractivity contribution in [2.75, 3.05) is 6.61 Å². The Kier molecular flexibility index (Phi) is 5.23. The number of hydrogen-bond acceptors (Lipinski definition) is 5. The summed E-state index contributed by atoms with van der Waals surface area (Å²) in [5, 5.41) is 18.1. The number of carbonyl (C=O) groups is 1. The predicted octanol–water partition coefficient (Wildman–Crippen LogP) is 4.79. The Morgan fingerprint density at radius 2 is 2.00 bits per heavy atom. The van der Waals surface area contributed by atoms with Crippen molar-refractivity contribution in [1.29, 1.82) is 0 Å². The molecule has 3 rings (SSSR count). The summed E-state index contributed by atoms with van der Waals surface area (Å²) < 4.78 is 5.14. The van der Waals surface area contributed by atoms with Gasteiger partial charge in [-0.05, 0) is 32.0 Å². The van der Waals surface area contributed by atoms with Crippen molar-refractivity contribution in [3.8, 4) is 22.4 Å². The van der Waals surface area contributed by atoms with E-state index < -0.39 is 10.9 Å². The maximum Gasteiger partial charge on any atom is 0.338 e. The van der Waals surface area contributed by atoms with E-state index in [4.69, 9.17) is 16.3 Å². The molecule has 0 unspecified atom stereocenters. The first-order valence-electron chi connectivity index (χ1n) is 8.18. The highest BCUT2D eigenvalue weighted by molar-refractivity contribution is 6.33. The molecule has 0 spiro atoms. The Hall–Kier alpha value is -3.19. The lowest BCUT2D eigenvalue weighted by molar-refractivity contribution is -0.384. The van der Waals surface area contributed by atoms with E-state index in [1.807, 2.05) is 19.1 Å². The summed E-state index contributed by atoms with van der Waals surface area (Å²) in [4.78, 5) is 22.8. The molecule has 0 aliphatic heterocycles. The van der Waals surface area contributed by atoms with Crippen LogP contribution in [-0.4, -0.2) is 27.7 Å². The minimum absolute atomic E-state index is 0.100.